The predicted octanol–water partition coefficient (Wildman–Crippen LogP) is 3.93. The second kappa shape index (κ2) is 5.91. The summed E-state index contributed by atoms with van der Waals surface area (Å²) in [5.41, 5.74) is 0.101. The molecule has 0 aromatic carbocycles. The summed E-state index contributed by atoms with van der Waals surface area (Å²) < 4.78 is 0. The second-order valence-electron chi connectivity index (χ2n) is 5.56. The summed E-state index contributed by atoms with van der Waals surface area (Å²) in [5.74, 6) is 0. The van der Waals surface area contributed by atoms with Gasteiger partial charge in [-0.25, -0.2) is 0 Å². The van der Waals surface area contributed by atoms with Crippen LogP contribution in [-0.4, -0.2) is 30.6 Å². The van der Waals surface area contributed by atoms with Crippen molar-refractivity contribution >= 4 is 22.9 Å². The lowest BCUT2D eigenvalue weighted by molar-refractivity contribution is 0.0644. The van der Waals surface area contributed by atoms with E-state index in [0.29, 0.717) is 6.04 Å². The molecule has 0 bridgehead atoms. The van der Waals surface area contributed by atoms with Crippen molar-refractivity contribution in [2.45, 2.75) is 44.7 Å². The van der Waals surface area contributed by atoms with Crippen LogP contribution >= 0.6 is 22.9 Å². The zero-order valence-corrected chi connectivity index (χ0v) is 13.1. The predicted molar refractivity (Wildman–Crippen MR) is 80.6 cm³/mol. The minimum absolute atomic E-state index is 0.101. The van der Waals surface area contributed by atoms with Crippen molar-refractivity contribution in [2.24, 2.45) is 0 Å². The van der Waals surface area contributed by atoms with Crippen LogP contribution in [0.1, 0.15) is 44.0 Å². The molecule has 4 heteroatoms. The van der Waals surface area contributed by atoms with Crippen molar-refractivity contribution in [2.75, 3.05) is 20.1 Å². The molecule has 102 valence electrons. The van der Waals surface area contributed by atoms with Crippen molar-refractivity contribution in [1.82, 2.24) is 10.2 Å². The van der Waals surface area contributed by atoms with E-state index in [0.717, 1.165) is 5.02 Å². The highest BCUT2D eigenvalue weighted by Gasteiger charge is 2.37. The molecule has 2 rings (SSSR count). The first-order valence-corrected chi connectivity index (χ1v) is 7.98. The standard InChI is InChI=1S/C14H23ClN2S/c1-14(2,17-8-5-4-6-9-17)13(16-3)12-11(15)7-10-18-12/h7,10,13,16H,4-6,8-9H2,1-3H3. The number of nitrogens with one attached hydrogen (secondary N) is 1. The van der Waals surface area contributed by atoms with Gasteiger partial charge in [-0.3, -0.25) is 4.90 Å². The monoisotopic (exact) mass is 286 g/mol. The smallest absolute Gasteiger partial charge is 0.0609 e. The van der Waals surface area contributed by atoms with E-state index < -0.39 is 0 Å². The van der Waals surface area contributed by atoms with Crippen molar-refractivity contribution in [1.29, 1.82) is 0 Å². The molecule has 1 fully saturated rings. The minimum Gasteiger partial charge on any atom is -0.311 e. The van der Waals surface area contributed by atoms with Gasteiger partial charge < -0.3 is 5.32 Å². The zero-order chi connectivity index (χ0) is 13.2. The molecule has 0 amide bonds. The molecule has 1 aromatic heterocycles. The van der Waals surface area contributed by atoms with Crippen LogP contribution in [0.2, 0.25) is 5.02 Å². The maximum Gasteiger partial charge on any atom is 0.0609 e. The van der Waals surface area contributed by atoms with E-state index in [-0.39, 0.29) is 5.54 Å². The van der Waals surface area contributed by atoms with Crippen LogP contribution in [-0.2, 0) is 0 Å². The molecule has 18 heavy (non-hydrogen) atoms. The molecule has 0 saturated carbocycles. The highest BCUT2D eigenvalue weighted by Crippen LogP contribution is 2.38. The molecule has 2 heterocycles. The van der Waals surface area contributed by atoms with Gasteiger partial charge >= 0.3 is 0 Å². The fourth-order valence-corrected chi connectivity index (χ4v) is 4.42. The third kappa shape index (κ3) is 2.74. The Kier molecular flexibility index (Phi) is 4.70. The molecule has 1 aromatic rings. The molecule has 0 aliphatic carbocycles. The van der Waals surface area contributed by atoms with Gasteiger partial charge in [-0.15, -0.1) is 11.3 Å². The highest BCUT2D eigenvalue weighted by atomic mass is 35.5. The van der Waals surface area contributed by atoms with E-state index in [1.54, 1.807) is 11.3 Å². The average molecular weight is 287 g/mol. The van der Waals surface area contributed by atoms with E-state index >= 15 is 0 Å². The van der Waals surface area contributed by atoms with E-state index in [4.69, 9.17) is 11.6 Å². The summed E-state index contributed by atoms with van der Waals surface area (Å²) in [6.07, 6.45) is 4.01. The fourth-order valence-electron chi connectivity index (χ4n) is 2.97. The number of halogens is 1. The van der Waals surface area contributed by atoms with Crippen LogP contribution in [0.4, 0.5) is 0 Å². The first-order valence-electron chi connectivity index (χ1n) is 6.72. The Morgan fingerprint density at radius 1 is 1.33 bits per heavy atom. The largest absolute Gasteiger partial charge is 0.311 e. The summed E-state index contributed by atoms with van der Waals surface area (Å²) in [4.78, 5) is 3.86. The minimum atomic E-state index is 0.101. The van der Waals surface area contributed by atoms with Crippen LogP contribution in [0.25, 0.3) is 0 Å². The van der Waals surface area contributed by atoms with Gasteiger partial charge in [0.2, 0.25) is 0 Å². The van der Waals surface area contributed by atoms with E-state index in [2.05, 4.69) is 29.4 Å². The zero-order valence-electron chi connectivity index (χ0n) is 11.5. The first kappa shape index (κ1) is 14.3. The van der Waals surface area contributed by atoms with Gasteiger partial charge in [-0.1, -0.05) is 18.0 Å². The second-order valence-corrected chi connectivity index (χ2v) is 6.91. The molecule has 1 aliphatic heterocycles. The lowest BCUT2D eigenvalue weighted by atomic mass is 9.89. The molecule has 1 aliphatic rings. The van der Waals surface area contributed by atoms with E-state index in [9.17, 15) is 0 Å². The van der Waals surface area contributed by atoms with Gasteiger partial charge in [0.1, 0.15) is 0 Å². The lowest BCUT2D eigenvalue weighted by Gasteiger charge is -2.45. The van der Waals surface area contributed by atoms with Gasteiger partial charge in [-0.05, 0) is 58.3 Å². The van der Waals surface area contributed by atoms with Crippen LogP contribution < -0.4 is 5.32 Å². The molecule has 1 N–H and O–H groups in total. The van der Waals surface area contributed by atoms with Crippen LogP contribution in [0.15, 0.2) is 11.4 Å². The van der Waals surface area contributed by atoms with E-state index in [1.807, 2.05) is 13.1 Å². The van der Waals surface area contributed by atoms with Crippen LogP contribution in [0, 0.1) is 0 Å². The number of thiophene rings is 1. The van der Waals surface area contributed by atoms with Crippen molar-refractivity contribution in [3.8, 4) is 0 Å². The summed E-state index contributed by atoms with van der Waals surface area (Å²) in [6.45, 7) is 7.06. The molecule has 0 spiro atoms. The fraction of sp³-hybridized carbons (Fsp3) is 0.714. The Balaban J connectivity index is 2.22. The molecule has 1 atom stereocenters. The van der Waals surface area contributed by atoms with Gasteiger partial charge in [0.15, 0.2) is 0 Å². The molecule has 0 radical (unpaired) electrons. The summed E-state index contributed by atoms with van der Waals surface area (Å²) in [6, 6.07) is 2.29. The Bertz CT molecular complexity index is 383. The summed E-state index contributed by atoms with van der Waals surface area (Å²) in [7, 11) is 2.03. The Morgan fingerprint density at radius 3 is 2.50 bits per heavy atom. The first-order chi connectivity index (χ1) is 8.57. The SMILES string of the molecule is CNC(c1sccc1Cl)C(C)(C)N1CCCCC1. The van der Waals surface area contributed by atoms with Gasteiger partial charge in [0, 0.05) is 10.4 Å². The number of hydrogen-bond donors (Lipinski definition) is 1. The Hall–Kier alpha value is -0.0900. The number of likely N-dealkylation sites (N-methyl/N-ethyl adjacent to an activating group) is 1. The number of nitrogens with zero attached hydrogens (tertiary/aromatic N) is 1. The third-order valence-corrected chi connectivity index (χ3v) is 5.50. The van der Waals surface area contributed by atoms with E-state index in [1.165, 1.54) is 37.2 Å². The number of likely N-dealkylation sites (tertiary alicyclic amines) is 1. The number of hydrogen-bond acceptors (Lipinski definition) is 3. The average Bonchev–Trinajstić information content (AvgIpc) is 2.78. The third-order valence-electron chi connectivity index (χ3n) is 4.07. The van der Waals surface area contributed by atoms with Crippen molar-refractivity contribution in [3.05, 3.63) is 21.3 Å². The highest BCUT2D eigenvalue weighted by molar-refractivity contribution is 7.10. The number of piperidine rings is 1. The van der Waals surface area contributed by atoms with Crippen LogP contribution in [0.5, 0.6) is 0 Å². The van der Waals surface area contributed by atoms with Gasteiger partial charge in [0.05, 0.1) is 11.1 Å². The molecule has 1 saturated heterocycles. The molecule has 1 unspecified atom stereocenters. The van der Waals surface area contributed by atoms with Crippen LogP contribution in [0.3, 0.4) is 0 Å². The molecular formula is C14H23ClN2S. The van der Waals surface area contributed by atoms with Crippen molar-refractivity contribution < 1.29 is 0 Å². The Labute approximate surface area is 119 Å². The summed E-state index contributed by atoms with van der Waals surface area (Å²) >= 11 is 8.06. The molecule has 2 nitrogen and oxygen atoms in total. The molecular weight excluding hydrogens is 264 g/mol. The maximum absolute atomic E-state index is 6.31. The lowest BCUT2D eigenvalue weighted by Crippen LogP contribution is -2.53. The van der Waals surface area contributed by atoms with Gasteiger partial charge in [-0.2, -0.15) is 0 Å². The van der Waals surface area contributed by atoms with Gasteiger partial charge in [0.25, 0.3) is 0 Å². The maximum atomic E-state index is 6.31. The normalized spacial score (nSPS) is 20.0. The topological polar surface area (TPSA) is 15.3 Å². The van der Waals surface area contributed by atoms with Crippen molar-refractivity contribution in [3.63, 3.8) is 0 Å². The Morgan fingerprint density at radius 2 is 2.00 bits per heavy atom. The summed E-state index contributed by atoms with van der Waals surface area (Å²) in [5, 5.41) is 6.44. The quantitative estimate of drug-likeness (QED) is 0.902. The number of rotatable bonds is 4.